The number of aryl methyl sites for hydroxylation is 1. The number of hydrogen-bond donors (Lipinski definition) is 0. The molecule has 106 valence electrons. The Kier molecular flexibility index (Phi) is 4.66. The third-order valence-electron chi connectivity index (χ3n) is 3.54. The Morgan fingerprint density at radius 3 is 2.70 bits per heavy atom. The number of rotatable bonds is 6. The van der Waals surface area contributed by atoms with Crippen molar-refractivity contribution in [3.05, 3.63) is 47.5 Å². The van der Waals surface area contributed by atoms with Gasteiger partial charge in [-0.15, -0.1) is 0 Å². The summed E-state index contributed by atoms with van der Waals surface area (Å²) in [6, 6.07) is 5.93. The first-order chi connectivity index (χ1) is 9.63. The van der Waals surface area contributed by atoms with Gasteiger partial charge in [-0.1, -0.05) is 13.8 Å². The molecule has 0 unspecified atom stereocenters. The van der Waals surface area contributed by atoms with Crippen LogP contribution < -0.4 is 0 Å². The van der Waals surface area contributed by atoms with Crippen LogP contribution in [0.2, 0.25) is 0 Å². The summed E-state index contributed by atoms with van der Waals surface area (Å²) in [5.74, 6) is 0.0882. The fourth-order valence-electron chi connectivity index (χ4n) is 2.32. The van der Waals surface area contributed by atoms with Gasteiger partial charge < -0.3 is 0 Å². The van der Waals surface area contributed by atoms with Crippen molar-refractivity contribution in [2.45, 2.75) is 46.1 Å². The molecule has 0 spiro atoms. The molecule has 0 saturated carbocycles. The first-order valence-corrected chi connectivity index (χ1v) is 7.14. The maximum Gasteiger partial charge on any atom is 0.169 e. The smallest absolute Gasteiger partial charge is 0.169 e. The number of ketones is 1. The van der Waals surface area contributed by atoms with Gasteiger partial charge in [-0.25, -0.2) is 0 Å². The molecular formula is C16H21N3O. The largest absolute Gasteiger partial charge is 0.294 e. The standard InChI is InChI=1S/C16H21N3O/c1-4-15(5-2)19-9-7-14(18-19)11-16(20)13-6-8-17-12(3)10-13/h6-10,15H,4-5,11H2,1-3H3. The zero-order chi connectivity index (χ0) is 14.5. The van der Waals surface area contributed by atoms with Crippen LogP contribution >= 0.6 is 0 Å². The average Bonchev–Trinajstić information content (AvgIpc) is 2.88. The van der Waals surface area contributed by atoms with Crippen LogP contribution in [0.3, 0.4) is 0 Å². The predicted octanol–water partition coefficient (Wildman–Crippen LogP) is 3.37. The second kappa shape index (κ2) is 6.46. The Morgan fingerprint density at radius 1 is 1.30 bits per heavy atom. The summed E-state index contributed by atoms with van der Waals surface area (Å²) < 4.78 is 1.97. The molecule has 0 N–H and O–H groups in total. The van der Waals surface area contributed by atoms with Gasteiger partial charge in [0, 0.05) is 23.7 Å². The van der Waals surface area contributed by atoms with Crippen molar-refractivity contribution in [2.75, 3.05) is 0 Å². The van der Waals surface area contributed by atoms with Crippen LogP contribution in [0.25, 0.3) is 0 Å². The zero-order valence-corrected chi connectivity index (χ0v) is 12.3. The molecule has 2 aromatic heterocycles. The number of nitrogens with zero attached hydrogens (tertiary/aromatic N) is 3. The first kappa shape index (κ1) is 14.4. The van der Waals surface area contributed by atoms with E-state index in [0.717, 1.165) is 24.2 Å². The van der Waals surface area contributed by atoms with Gasteiger partial charge in [0.15, 0.2) is 5.78 Å². The van der Waals surface area contributed by atoms with Gasteiger partial charge in [-0.3, -0.25) is 14.5 Å². The highest BCUT2D eigenvalue weighted by atomic mass is 16.1. The summed E-state index contributed by atoms with van der Waals surface area (Å²) in [4.78, 5) is 16.3. The fraction of sp³-hybridized carbons (Fsp3) is 0.438. The molecular weight excluding hydrogens is 250 g/mol. The topological polar surface area (TPSA) is 47.8 Å². The maximum absolute atomic E-state index is 12.2. The van der Waals surface area contributed by atoms with Crippen molar-refractivity contribution in [3.63, 3.8) is 0 Å². The van der Waals surface area contributed by atoms with E-state index in [-0.39, 0.29) is 5.78 Å². The molecule has 0 atom stereocenters. The van der Waals surface area contributed by atoms with Crippen LogP contribution in [-0.2, 0) is 6.42 Å². The molecule has 0 bridgehead atoms. The van der Waals surface area contributed by atoms with Gasteiger partial charge in [-0.2, -0.15) is 5.10 Å². The molecule has 20 heavy (non-hydrogen) atoms. The lowest BCUT2D eigenvalue weighted by molar-refractivity contribution is 0.0991. The van der Waals surface area contributed by atoms with Crippen molar-refractivity contribution >= 4 is 5.78 Å². The average molecular weight is 271 g/mol. The Hall–Kier alpha value is -1.97. The van der Waals surface area contributed by atoms with Gasteiger partial charge in [0.1, 0.15) is 0 Å². The predicted molar refractivity (Wildman–Crippen MR) is 78.9 cm³/mol. The summed E-state index contributed by atoms with van der Waals surface area (Å²) in [7, 11) is 0. The summed E-state index contributed by atoms with van der Waals surface area (Å²) in [5.41, 5.74) is 2.39. The van der Waals surface area contributed by atoms with Crippen LogP contribution in [0.5, 0.6) is 0 Å². The van der Waals surface area contributed by atoms with Crippen LogP contribution in [0, 0.1) is 6.92 Å². The van der Waals surface area contributed by atoms with Crippen molar-refractivity contribution in [2.24, 2.45) is 0 Å². The van der Waals surface area contributed by atoms with Crippen molar-refractivity contribution < 1.29 is 4.79 Å². The number of aromatic nitrogens is 3. The second-order valence-corrected chi connectivity index (χ2v) is 5.04. The molecule has 4 heteroatoms. The Bertz CT molecular complexity index is 585. The highest BCUT2D eigenvalue weighted by Gasteiger charge is 2.12. The minimum absolute atomic E-state index is 0.0882. The van der Waals surface area contributed by atoms with Gasteiger partial charge in [0.25, 0.3) is 0 Å². The zero-order valence-electron chi connectivity index (χ0n) is 12.3. The highest BCUT2D eigenvalue weighted by molar-refractivity contribution is 5.97. The molecule has 0 aliphatic carbocycles. The molecule has 0 aliphatic heterocycles. The number of carbonyl (C=O) groups excluding carboxylic acids is 1. The van der Waals surface area contributed by atoms with Crippen LogP contribution in [0.15, 0.2) is 30.6 Å². The van der Waals surface area contributed by atoms with Crippen molar-refractivity contribution in [1.82, 2.24) is 14.8 Å². The minimum atomic E-state index is 0.0882. The van der Waals surface area contributed by atoms with E-state index in [1.165, 1.54) is 0 Å². The lowest BCUT2D eigenvalue weighted by Crippen LogP contribution is -2.09. The molecule has 2 heterocycles. The van der Waals surface area contributed by atoms with Crippen LogP contribution in [0.1, 0.15) is 54.5 Å². The number of pyridine rings is 1. The molecule has 4 nitrogen and oxygen atoms in total. The van der Waals surface area contributed by atoms with E-state index in [1.54, 1.807) is 12.3 Å². The molecule has 2 aromatic rings. The fourth-order valence-corrected chi connectivity index (χ4v) is 2.32. The van der Waals surface area contributed by atoms with E-state index in [9.17, 15) is 4.79 Å². The van der Waals surface area contributed by atoms with E-state index in [4.69, 9.17) is 0 Å². The lowest BCUT2D eigenvalue weighted by atomic mass is 10.1. The quantitative estimate of drug-likeness (QED) is 0.757. The summed E-state index contributed by atoms with van der Waals surface area (Å²) >= 11 is 0. The maximum atomic E-state index is 12.2. The number of carbonyl (C=O) groups is 1. The molecule has 0 radical (unpaired) electrons. The van der Waals surface area contributed by atoms with Crippen LogP contribution in [-0.4, -0.2) is 20.5 Å². The Morgan fingerprint density at radius 2 is 2.05 bits per heavy atom. The first-order valence-electron chi connectivity index (χ1n) is 7.14. The molecule has 0 aliphatic rings. The van der Waals surface area contributed by atoms with E-state index in [0.29, 0.717) is 18.0 Å². The lowest BCUT2D eigenvalue weighted by Gasteiger charge is -2.12. The highest BCUT2D eigenvalue weighted by Crippen LogP contribution is 2.15. The van der Waals surface area contributed by atoms with E-state index in [1.807, 2.05) is 29.9 Å². The van der Waals surface area contributed by atoms with Gasteiger partial charge in [-0.05, 0) is 38.0 Å². The minimum Gasteiger partial charge on any atom is -0.294 e. The Labute approximate surface area is 119 Å². The molecule has 0 saturated heterocycles. The molecule has 0 amide bonds. The van der Waals surface area contributed by atoms with Crippen molar-refractivity contribution in [3.8, 4) is 0 Å². The number of Topliss-reactive ketones (excluding diaryl/α,β-unsaturated/α-hetero) is 1. The SMILES string of the molecule is CCC(CC)n1ccc(CC(=O)c2ccnc(C)c2)n1. The third kappa shape index (κ3) is 3.32. The van der Waals surface area contributed by atoms with Gasteiger partial charge in [0.05, 0.1) is 18.2 Å². The summed E-state index contributed by atoms with van der Waals surface area (Å²) in [6.07, 6.45) is 6.09. The summed E-state index contributed by atoms with van der Waals surface area (Å²) in [5, 5.41) is 4.52. The molecule has 0 aromatic carbocycles. The molecule has 2 rings (SSSR count). The van der Waals surface area contributed by atoms with Crippen LogP contribution in [0.4, 0.5) is 0 Å². The van der Waals surface area contributed by atoms with E-state index >= 15 is 0 Å². The van der Waals surface area contributed by atoms with Crippen molar-refractivity contribution in [1.29, 1.82) is 0 Å². The second-order valence-electron chi connectivity index (χ2n) is 5.04. The summed E-state index contributed by atoms with van der Waals surface area (Å²) in [6.45, 7) is 6.19. The van der Waals surface area contributed by atoms with Gasteiger partial charge in [0.2, 0.25) is 0 Å². The monoisotopic (exact) mass is 271 g/mol. The van der Waals surface area contributed by atoms with E-state index in [2.05, 4.69) is 23.9 Å². The number of hydrogen-bond acceptors (Lipinski definition) is 3. The third-order valence-corrected chi connectivity index (χ3v) is 3.54. The normalized spacial score (nSPS) is 11.0. The Balaban J connectivity index is 2.09. The van der Waals surface area contributed by atoms with E-state index < -0.39 is 0 Å². The molecule has 0 fully saturated rings. The van der Waals surface area contributed by atoms with Gasteiger partial charge >= 0.3 is 0 Å².